The molecule has 102 valence electrons. The Kier molecular flexibility index (Phi) is 5.06. The van der Waals surface area contributed by atoms with Gasteiger partial charge in [-0.15, -0.1) is 22.9 Å². The Hall–Kier alpha value is -0.790. The fourth-order valence-electron chi connectivity index (χ4n) is 2.54. The highest BCUT2D eigenvalue weighted by molar-refractivity contribution is 7.10. The molecule has 0 nitrogen and oxygen atoms in total. The van der Waals surface area contributed by atoms with E-state index in [4.69, 9.17) is 11.6 Å². The van der Waals surface area contributed by atoms with Crippen molar-refractivity contribution in [3.05, 3.63) is 56.8 Å². The third kappa shape index (κ3) is 3.04. The largest absolute Gasteiger partial charge is 0.147 e. The van der Waals surface area contributed by atoms with E-state index in [2.05, 4.69) is 50.4 Å². The molecule has 2 heteroatoms. The summed E-state index contributed by atoms with van der Waals surface area (Å²) in [5.41, 5.74) is 5.58. The summed E-state index contributed by atoms with van der Waals surface area (Å²) in [6.45, 7) is 6.65. The van der Waals surface area contributed by atoms with E-state index in [1.165, 1.54) is 27.1 Å². The Bertz CT molecular complexity index is 503. The zero-order valence-corrected chi connectivity index (χ0v) is 13.4. The molecular weight excluding hydrogens is 272 g/mol. The van der Waals surface area contributed by atoms with Gasteiger partial charge < -0.3 is 0 Å². The molecule has 1 atom stereocenters. The number of aryl methyl sites for hydroxylation is 3. The quantitative estimate of drug-likeness (QED) is 0.614. The predicted molar refractivity (Wildman–Crippen MR) is 86.6 cm³/mol. The van der Waals surface area contributed by atoms with E-state index in [1.807, 2.05) is 0 Å². The molecule has 0 bridgehead atoms. The lowest BCUT2D eigenvalue weighted by Gasteiger charge is -2.19. The smallest absolute Gasteiger partial charge is 0.0933 e. The number of rotatable bonds is 5. The molecule has 1 aromatic heterocycles. The number of benzene rings is 1. The summed E-state index contributed by atoms with van der Waals surface area (Å²) >= 11 is 8.49. The minimum atomic E-state index is -0.00388. The number of thiophene rings is 1. The van der Waals surface area contributed by atoms with Crippen LogP contribution >= 0.6 is 22.9 Å². The van der Waals surface area contributed by atoms with Crippen molar-refractivity contribution in [3.8, 4) is 0 Å². The molecule has 19 heavy (non-hydrogen) atoms. The molecule has 2 aromatic rings. The first-order chi connectivity index (χ1) is 9.21. The van der Waals surface area contributed by atoms with Crippen molar-refractivity contribution >= 4 is 22.9 Å². The van der Waals surface area contributed by atoms with Crippen LogP contribution in [0.1, 0.15) is 53.3 Å². The topological polar surface area (TPSA) is 0 Å². The maximum atomic E-state index is 6.75. The summed E-state index contributed by atoms with van der Waals surface area (Å²) in [6, 6.07) is 8.87. The second-order valence-electron chi connectivity index (χ2n) is 4.77. The van der Waals surface area contributed by atoms with Gasteiger partial charge in [-0.05, 0) is 53.0 Å². The molecule has 2 rings (SSSR count). The molecule has 0 N–H and O–H groups in total. The van der Waals surface area contributed by atoms with Crippen LogP contribution in [-0.4, -0.2) is 0 Å². The minimum Gasteiger partial charge on any atom is -0.147 e. The van der Waals surface area contributed by atoms with Crippen molar-refractivity contribution in [1.29, 1.82) is 0 Å². The van der Waals surface area contributed by atoms with Crippen molar-refractivity contribution in [2.24, 2.45) is 0 Å². The summed E-state index contributed by atoms with van der Waals surface area (Å²) < 4.78 is 0. The Morgan fingerprint density at radius 3 is 2.11 bits per heavy atom. The average Bonchev–Trinajstić information content (AvgIpc) is 2.99. The van der Waals surface area contributed by atoms with Gasteiger partial charge in [-0.3, -0.25) is 0 Å². The number of halogens is 1. The van der Waals surface area contributed by atoms with E-state index in [0.29, 0.717) is 0 Å². The lowest BCUT2D eigenvalue weighted by Crippen LogP contribution is -2.04. The first kappa shape index (κ1) is 14.6. The summed E-state index contributed by atoms with van der Waals surface area (Å²) in [5, 5.41) is 2.10. The molecular formula is C17H21ClS. The van der Waals surface area contributed by atoms with E-state index in [0.717, 1.165) is 19.3 Å². The molecule has 0 fully saturated rings. The normalized spacial score (nSPS) is 12.6. The number of alkyl halides is 1. The average molecular weight is 293 g/mol. The third-order valence-corrected chi connectivity index (χ3v) is 5.15. The maximum absolute atomic E-state index is 6.75. The first-order valence-corrected chi connectivity index (χ1v) is 8.34. The fraction of sp³-hybridized carbons (Fsp3) is 0.412. The van der Waals surface area contributed by atoms with Crippen LogP contribution in [0.5, 0.6) is 0 Å². The van der Waals surface area contributed by atoms with Crippen molar-refractivity contribution in [3.63, 3.8) is 0 Å². The second kappa shape index (κ2) is 6.58. The highest BCUT2D eigenvalue weighted by Crippen LogP contribution is 2.37. The molecule has 0 saturated carbocycles. The van der Waals surface area contributed by atoms with Crippen LogP contribution in [0.15, 0.2) is 29.6 Å². The Morgan fingerprint density at radius 2 is 1.68 bits per heavy atom. The molecule has 0 aliphatic rings. The SMILES string of the molecule is CCc1cc(CC)c(C(Cl)c2cccs2)c(CC)c1. The van der Waals surface area contributed by atoms with E-state index in [-0.39, 0.29) is 5.38 Å². The maximum Gasteiger partial charge on any atom is 0.0933 e. The molecule has 0 aliphatic heterocycles. The monoisotopic (exact) mass is 292 g/mol. The van der Waals surface area contributed by atoms with Crippen LogP contribution in [0.25, 0.3) is 0 Å². The second-order valence-corrected chi connectivity index (χ2v) is 6.18. The first-order valence-electron chi connectivity index (χ1n) is 7.03. The third-order valence-electron chi connectivity index (χ3n) is 3.63. The zero-order chi connectivity index (χ0) is 13.8. The van der Waals surface area contributed by atoms with Crippen LogP contribution in [0.3, 0.4) is 0 Å². The molecule has 1 unspecified atom stereocenters. The fourth-order valence-corrected chi connectivity index (χ4v) is 3.76. The number of hydrogen-bond acceptors (Lipinski definition) is 1. The molecule has 0 saturated heterocycles. The van der Waals surface area contributed by atoms with E-state index < -0.39 is 0 Å². The Morgan fingerprint density at radius 1 is 1.05 bits per heavy atom. The van der Waals surface area contributed by atoms with E-state index in [1.54, 1.807) is 11.3 Å². The molecule has 1 heterocycles. The Labute approximate surface area is 125 Å². The Balaban J connectivity index is 2.54. The molecule has 0 radical (unpaired) electrons. The standard InChI is InChI=1S/C17H21ClS/c1-4-12-10-13(5-2)16(14(6-3)11-12)17(18)15-8-7-9-19-15/h7-11,17H,4-6H2,1-3H3. The van der Waals surface area contributed by atoms with E-state index in [9.17, 15) is 0 Å². The van der Waals surface area contributed by atoms with Crippen molar-refractivity contribution in [2.75, 3.05) is 0 Å². The minimum absolute atomic E-state index is 0.00388. The lowest BCUT2D eigenvalue weighted by atomic mass is 9.91. The van der Waals surface area contributed by atoms with Gasteiger partial charge >= 0.3 is 0 Å². The summed E-state index contributed by atoms with van der Waals surface area (Å²) in [7, 11) is 0. The van der Waals surface area contributed by atoms with Gasteiger partial charge in [-0.1, -0.05) is 39.0 Å². The van der Waals surface area contributed by atoms with Crippen molar-refractivity contribution in [1.82, 2.24) is 0 Å². The van der Waals surface area contributed by atoms with Gasteiger partial charge in [0.15, 0.2) is 0 Å². The van der Waals surface area contributed by atoms with Crippen molar-refractivity contribution in [2.45, 2.75) is 45.4 Å². The zero-order valence-electron chi connectivity index (χ0n) is 11.9. The van der Waals surface area contributed by atoms with Gasteiger partial charge in [0, 0.05) is 4.88 Å². The van der Waals surface area contributed by atoms with Gasteiger partial charge in [0.05, 0.1) is 5.38 Å². The van der Waals surface area contributed by atoms with E-state index >= 15 is 0 Å². The summed E-state index contributed by atoms with van der Waals surface area (Å²) in [6.07, 6.45) is 3.18. The summed E-state index contributed by atoms with van der Waals surface area (Å²) in [4.78, 5) is 1.25. The van der Waals surface area contributed by atoms with Crippen LogP contribution in [0, 0.1) is 0 Å². The van der Waals surface area contributed by atoms with Crippen LogP contribution in [0.4, 0.5) is 0 Å². The molecule has 0 aliphatic carbocycles. The lowest BCUT2D eigenvalue weighted by molar-refractivity contribution is 0.972. The van der Waals surface area contributed by atoms with Gasteiger partial charge in [-0.2, -0.15) is 0 Å². The predicted octanol–water partition coefficient (Wildman–Crippen LogP) is 5.76. The van der Waals surface area contributed by atoms with Gasteiger partial charge in [0.25, 0.3) is 0 Å². The van der Waals surface area contributed by atoms with Crippen LogP contribution in [-0.2, 0) is 19.3 Å². The van der Waals surface area contributed by atoms with Crippen molar-refractivity contribution < 1.29 is 0 Å². The number of hydrogen-bond donors (Lipinski definition) is 0. The van der Waals surface area contributed by atoms with Crippen LogP contribution in [0.2, 0.25) is 0 Å². The van der Waals surface area contributed by atoms with Gasteiger partial charge in [-0.25, -0.2) is 0 Å². The molecule has 0 amide bonds. The van der Waals surface area contributed by atoms with Gasteiger partial charge in [0.2, 0.25) is 0 Å². The highest BCUT2D eigenvalue weighted by Gasteiger charge is 2.19. The summed E-state index contributed by atoms with van der Waals surface area (Å²) in [5.74, 6) is 0. The highest BCUT2D eigenvalue weighted by atomic mass is 35.5. The van der Waals surface area contributed by atoms with Gasteiger partial charge in [0.1, 0.15) is 0 Å². The van der Waals surface area contributed by atoms with Crippen LogP contribution < -0.4 is 0 Å². The molecule has 0 spiro atoms. The molecule has 1 aromatic carbocycles.